The Hall–Kier alpha value is -0.870. The van der Waals surface area contributed by atoms with Gasteiger partial charge in [-0.05, 0) is 24.3 Å². The van der Waals surface area contributed by atoms with Gasteiger partial charge in [-0.3, -0.25) is 4.79 Å². The average Bonchev–Trinajstić information content (AvgIpc) is 2.79. The molecule has 0 fully saturated rings. The van der Waals surface area contributed by atoms with Crippen LogP contribution in [0.5, 0.6) is 0 Å². The molecular formula is C12H19NO2S. The van der Waals surface area contributed by atoms with Gasteiger partial charge in [0.15, 0.2) is 0 Å². The standard InChI is InChI=1S/C12H19NO2S/c1-3-12(15,4-2)9-13-11(14)8-10-6-5-7-16-10/h5-7,15H,3-4,8-9H2,1-2H3,(H,13,14). The number of amides is 1. The van der Waals surface area contributed by atoms with Crippen LogP contribution in [0.2, 0.25) is 0 Å². The molecule has 3 nitrogen and oxygen atoms in total. The van der Waals surface area contributed by atoms with E-state index in [9.17, 15) is 9.90 Å². The molecular weight excluding hydrogens is 222 g/mol. The molecule has 0 saturated heterocycles. The normalized spacial score (nSPS) is 11.4. The molecule has 1 rings (SSSR count). The van der Waals surface area contributed by atoms with Gasteiger partial charge < -0.3 is 10.4 Å². The van der Waals surface area contributed by atoms with Crippen LogP contribution in [0.4, 0.5) is 0 Å². The summed E-state index contributed by atoms with van der Waals surface area (Å²) in [4.78, 5) is 12.6. The minimum atomic E-state index is -0.759. The van der Waals surface area contributed by atoms with E-state index < -0.39 is 5.60 Å². The third-order valence-electron chi connectivity index (χ3n) is 2.85. The van der Waals surface area contributed by atoms with Crippen LogP contribution in [0.3, 0.4) is 0 Å². The monoisotopic (exact) mass is 241 g/mol. The SMILES string of the molecule is CCC(O)(CC)CNC(=O)Cc1cccs1. The number of carbonyl (C=O) groups is 1. The van der Waals surface area contributed by atoms with Crippen molar-refractivity contribution in [2.75, 3.05) is 6.54 Å². The predicted molar refractivity (Wildman–Crippen MR) is 66.6 cm³/mol. The average molecular weight is 241 g/mol. The van der Waals surface area contributed by atoms with Crippen molar-refractivity contribution in [1.82, 2.24) is 5.32 Å². The fourth-order valence-corrected chi connectivity index (χ4v) is 2.10. The molecule has 0 radical (unpaired) electrons. The van der Waals surface area contributed by atoms with E-state index in [0.717, 1.165) is 4.88 Å². The van der Waals surface area contributed by atoms with Crippen LogP contribution in [-0.4, -0.2) is 23.2 Å². The van der Waals surface area contributed by atoms with Gasteiger partial charge in [-0.15, -0.1) is 11.3 Å². The van der Waals surface area contributed by atoms with Crippen LogP contribution in [-0.2, 0) is 11.2 Å². The molecule has 90 valence electrons. The van der Waals surface area contributed by atoms with Gasteiger partial charge >= 0.3 is 0 Å². The third kappa shape index (κ3) is 3.94. The van der Waals surface area contributed by atoms with Gasteiger partial charge in [0.1, 0.15) is 0 Å². The number of hydrogen-bond donors (Lipinski definition) is 2. The van der Waals surface area contributed by atoms with Gasteiger partial charge in [-0.2, -0.15) is 0 Å². The Morgan fingerprint density at radius 2 is 2.19 bits per heavy atom. The molecule has 0 aliphatic heterocycles. The molecule has 2 N–H and O–H groups in total. The zero-order valence-electron chi connectivity index (χ0n) is 9.82. The van der Waals surface area contributed by atoms with Crippen molar-refractivity contribution in [3.63, 3.8) is 0 Å². The van der Waals surface area contributed by atoms with Gasteiger partial charge in [0.25, 0.3) is 0 Å². The minimum absolute atomic E-state index is 0.0252. The van der Waals surface area contributed by atoms with Gasteiger partial charge in [0.05, 0.1) is 12.0 Å². The first-order valence-corrected chi connectivity index (χ1v) is 6.49. The highest BCUT2D eigenvalue weighted by Gasteiger charge is 2.22. The number of nitrogens with one attached hydrogen (secondary N) is 1. The molecule has 1 aromatic rings. The van der Waals surface area contributed by atoms with Crippen molar-refractivity contribution in [2.45, 2.75) is 38.7 Å². The van der Waals surface area contributed by atoms with Crippen molar-refractivity contribution < 1.29 is 9.90 Å². The smallest absolute Gasteiger partial charge is 0.225 e. The van der Waals surface area contributed by atoms with Crippen molar-refractivity contribution in [2.24, 2.45) is 0 Å². The maximum absolute atomic E-state index is 11.6. The zero-order chi connectivity index (χ0) is 12.0. The van der Waals surface area contributed by atoms with E-state index in [1.807, 2.05) is 31.4 Å². The Kier molecular flexibility index (Phi) is 4.96. The van der Waals surface area contributed by atoms with Crippen LogP contribution >= 0.6 is 11.3 Å². The fourth-order valence-electron chi connectivity index (χ4n) is 1.40. The maximum Gasteiger partial charge on any atom is 0.225 e. The molecule has 0 unspecified atom stereocenters. The molecule has 0 atom stereocenters. The second-order valence-electron chi connectivity index (χ2n) is 3.96. The topological polar surface area (TPSA) is 49.3 Å². The molecule has 16 heavy (non-hydrogen) atoms. The van der Waals surface area contributed by atoms with Crippen molar-refractivity contribution in [1.29, 1.82) is 0 Å². The first-order valence-electron chi connectivity index (χ1n) is 5.61. The molecule has 0 aliphatic carbocycles. The van der Waals surface area contributed by atoms with Gasteiger partial charge in [-0.1, -0.05) is 19.9 Å². The Bertz CT molecular complexity index is 318. The lowest BCUT2D eigenvalue weighted by molar-refractivity contribution is -0.121. The highest BCUT2D eigenvalue weighted by Crippen LogP contribution is 2.13. The summed E-state index contributed by atoms with van der Waals surface area (Å²) < 4.78 is 0. The lowest BCUT2D eigenvalue weighted by Gasteiger charge is -2.25. The van der Waals surface area contributed by atoms with E-state index in [2.05, 4.69) is 5.32 Å². The lowest BCUT2D eigenvalue weighted by atomic mass is 9.97. The second kappa shape index (κ2) is 6.01. The molecule has 1 amide bonds. The summed E-state index contributed by atoms with van der Waals surface area (Å²) in [6.07, 6.45) is 1.72. The van der Waals surface area contributed by atoms with Crippen LogP contribution in [0, 0.1) is 0 Å². The highest BCUT2D eigenvalue weighted by molar-refractivity contribution is 7.10. The first-order chi connectivity index (χ1) is 7.59. The van der Waals surface area contributed by atoms with E-state index in [1.54, 1.807) is 11.3 Å². The van der Waals surface area contributed by atoms with E-state index in [0.29, 0.717) is 25.8 Å². The highest BCUT2D eigenvalue weighted by atomic mass is 32.1. The van der Waals surface area contributed by atoms with Crippen molar-refractivity contribution in [3.8, 4) is 0 Å². The second-order valence-corrected chi connectivity index (χ2v) is 5.00. The number of thiophene rings is 1. The summed E-state index contributed by atoms with van der Waals surface area (Å²) in [5.41, 5.74) is -0.759. The van der Waals surface area contributed by atoms with Gasteiger partial charge in [0, 0.05) is 11.4 Å². The van der Waals surface area contributed by atoms with E-state index in [1.165, 1.54) is 0 Å². The summed E-state index contributed by atoms with van der Waals surface area (Å²) >= 11 is 1.57. The van der Waals surface area contributed by atoms with Crippen LogP contribution in [0.25, 0.3) is 0 Å². The van der Waals surface area contributed by atoms with Crippen LogP contribution < -0.4 is 5.32 Å². The number of hydrogen-bond acceptors (Lipinski definition) is 3. The summed E-state index contributed by atoms with van der Waals surface area (Å²) in [6, 6.07) is 3.87. The molecule has 1 aromatic heterocycles. The molecule has 0 spiro atoms. The van der Waals surface area contributed by atoms with E-state index in [4.69, 9.17) is 0 Å². The lowest BCUT2D eigenvalue weighted by Crippen LogP contribution is -2.42. The largest absolute Gasteiger partial charge is 0.388 e. The van der Waals surface area contributed by atoms with Crippen LogP contribution in [0.15, 0.2) is 17.5 Å². The Balaban J connectivity index is 2.35. The quantitative estimate of drug-likeness (QED) is 0.800. The summed E-state index contributed by atoms with van der Waals surface area (Å²) in [6.45, 7) is 4.19. The molecule has 0 bridgehead atoms. The molecule has 1 heterocycles. The Morgan fingerprint density at radius 3 is 2.69 bits per heavy atom. The summed E-state index contributed by atoms with van der Waals surface area (Å²) in [5, 5.41) is 14.7. The number of aliphatic hydroxyl groups is 1. The van der Waals surface area contributed by atoms with Crippen molar-refractivity contribution >= 4 is 17.2 Å². The number of rotatable bonds is 6. The molecule has 0 saturated carbocycles. The van der Waals surface area contributed by atoms with Gasteiger partial charge in [0.2, 0.25) is 5.91 Å². The minimum Gasteiger partial charge on any atom is -0.388 e. The van der Waals surface area contributed by atoms with E-state index >= 15 is 0 Å². The predicted octanol–water partition coefficient (Wildman–Crippen LogP) is 1.96. The first kappa shape index (κ1) is 13.2. The molecule has 0 aliphatic rings. The molecule has 4 heteroatoms. The van der Waals surface area contributed by atoms with Gasteiger partial charge in [-0.25, -0.2) is 0 Å². The van der Waals surface area contributed by atoms with Crippen molar-refractivity contribution in [3.05, 3.63) is 22.4 Å². The summed E-state index contributed by atoms with van der Waals surface area (Å²) in [5.74, 6) is -0.0252. The third-order valence-corrected chi connectivity index (χ3v) is 3.72. The molecule has 0 aromatic carbocycles. The zero-order valence-corrected chi connectivity index (χ0v) is 10.6. The Morgan fingerprint density at radius 1 is 1.50 bits per heavy atom. The number of carbonyl (C=O) groups excluding carboxylic acids is 1. The van der Waals surface area contributed by atoms with E-state index in [-0.39, 0.29) is 5.91 Å². The summed E-state index contributed by atoms with van der Waals surface area (Å²) in [7, 11) is 0. The fraction of sp³-hybridized carbons (Fsp3) is 0.583. The van der Waals surface area contributed by atoms with Crippen LogP contribution in [0.1, 0.15) is 31.6 Å². The Labute approximate surface area is 100 Å². The maximum atomic E-state index is 11.6.